The van der Waals surface area contributed by atoms with Crippen LogP contribution < -0.4 is 11.0 Å². The molecule has 2 heterocycles. The van der Waals surface area contributed by atoms with E-state index in [2.05, 4.69) is 15.3 Å². The van der Waals surface area contributed by atoms with Gasteiger partial charge in [-0.15, -0.1) is 0 Å². The number of carbonyl (C=O) groups is 1. The number of carbonyl (C=O) groups excluding carboxylic acids is 1. The van der Waals surface area contributed by atoms with E-state index in [1.54, 1.807) is 6.07 Å². The van der Waals surface area contributed by atoms with Crippen molar-refractivity contribution in [3.63, 3.8) is 0 Å². The van der Waals surface area contributed by atoms with E-state index in [1.807, 2.05) is 31.2 Å². The molecule has 0 spiro atoms. The largest absolute Gasteiger partial charge is 0.348 e. The number of nitrogens with one attached hydrogen (secondary N) is 3. The summed E-state index contributed by atoms with van der Waals surface area (Å²) >= 11 is 6.14. The number of H-pyrrole nitrogens is 2. The number of benzene rings is 2. The first-order valence-electron chi connectivity index (χ1n) is 8.52. The van der Waals surface area contributed by atoms with Gasteiger partial charge in [0.15, 0.2) is 5.79 Å². The first kappa shape index (κ1) is 17.8. The summed E-state index contributed by atoms with van der Waals surface area (Å²) in [5.74, 6) is -0.985. The van der Waals surface area contributed by atoms with E-state index in [-0.39, 0.29) is 11.6 Å². The van der Waals surface area contributed by atoms with Crippen LogP contribution in [0.2, 0.25) is 5.02 Å². The van der Waals surface area contributed by atoms with Crippen molar-refractivity contribution >= 4 is 28.5 Å². The standard InChI is InChI=1S/C19H18ClN3O4/c1-19(26-6-7-27-19)13-4-2-11(3-5-13)10-21-17(24)12-8-14(20)16-15(9-12)22-18(25)23-16/h2-5,8-9H,6-7,10H2,1H3,(H,21,24)(H2,22,23,25). The van der Waals surface area contributed by atoms with Gasteiger partial charge in [-0.1, -0.05) is 35.9 Å². The molecule has 1 aliphatic rings. The van der Waals surface area contributed by atoms with E-state index in [9.17, 15) is 9.59 Å². The van der Waals surface area contributed by atoms with Crippen LogP contribution in [0.15, 0.2) is 41.2 Å². The number of hydrogen-bond donors (Lipinski definition) is 3. The highest BCUT2D eigenvalue weighted by atomic mass is 35.5. The molecule has 8 heteroatoms. The van der Waals surface area contributed by atoms with Crippen molar-refractivity contribution in [3.05, 3.63) is 68.6 Å². The Morgan fingerprint density at radius 2 is 1.89 bits per heavy atom. The first-order valence-corrected chi connectivity index (χ1v) is 8.89. The zero-order valence-electron chi connectivity index (χ0n) is 14.6. The lowest BCUT2D eigenvalue weighted by atomic mass is 10.1. The van der Waals surface area contributed by atoms with Crippen molar-refractivity contribution in [3.8, 4) is 0 Å². The van der Waals surface area contributed by atoms with Crippen molar-refractivity contribution in [1.29, 1.82) is 0 Å². The molecule has 1 fully saturated rings. The minimum absolute atomic E-state index is 0.278. The van der Waals surface area contributed by atoms with Crippen molar-refractivity contribution in [2.75, 3.05) is 13.2 Å². The lowest BCUT2D eigenvalue weighted by Gasteiger charge is -2.22. The third-order valence-corrected chi connectivity index (χ3v) is 4.91. The highest BCUT2D eigenvalue weighted by molar-refractivity contribution is 6.35. The van der Waals surface area contributed by atoms with E-state index >= 15 is 0 Å². The zero-order chi connectivity index (χ0) is 19.0. The van der Waals surface area contributed by atoms with Gasteiger partial charge in [0, 0.05) is 17.7 Å². The SMILES string of the molecule is CC1(c2ccc(CNC(=O)c3cc(Cl)c4[nH]c(=O)[nH]c4c3)cc2)OCCO1. The Morgan fingerprint density at radius 3 is 2.59 bits per heavy atom. The predicted molar refractivity (Wildman–Crippen MR) is 101 cm³/mol. The summed E-state index contributed by atoms with van der Waals surface area (Å²) < 4.78 is 11.3. The van der Waals surface area contributed by atoms with Gasteiger partial charge in [-0.3, -0.25) is 4.79 Å². The molecule has 0 saturated carbocycles. The Kier molecular flexibility index (Phi) is 4.51. The van der Waals surface area contributed by atoms with Gasteiger partial charge in [-0.25, -0.2) is 4.79 Å². The quantitative estimate of drug-likeness (QED) is 0.641. The molecule has 1 amide bonds. The number of imidazole rings is 1. The molecular formula is C19H18ClN3O4. The van der Waals surface area contributed by atoms with Crippen LogP contribution in [-0.4, -0.2) is 29.1 Å². The van der Waals surface area contributed by atoms with Crippen LogP contribution in [0.25, 0.3) is 11.0 Å². The third kappa shape index (κ3) is 3.49. The van der Waals surface area contributed by atoms with Crippen molar-refractivity contribution in [1.82, 2.24) is 15.3 Å². The summed E-state index contributed by atoms with van der Waals surface area (Å²) in [6.07, 6.45) is 0. The van der Waals surface area contributed by atoms with Crippen LogP contribution in [-0.2, 0) is 21.8 Å². The van der Waals surface area contributed by atoms with E-state index in [1.165, 1.54) is 6.07 Å². The monoisotopic (exact) mass is 387 g/mol. The molecule has 140 valence electrons. The third-order valence-electron chi connectivity index (χ3n) is 4.61. The average molecular weight is 388 g/mol. The van der Waals surface area contributed by atoms with Crippen molar-refractivity contribution < 1.29 is 14.3 Å². The molecule has 7 nitrogen and oxygen atoms in total. The molecule has 0 aliphatic carbocycles. The number of rotatable bonds is 4. The van der Waals surface area contributed by atoms with Gasteiger partial charge < -0.3 is 24.8 Å². The molecule has 3 aromatic rings. The second kappa shape index (κ2) is 6.84. The van der Waals surface area contributed by atoms with E-state index in [0.717, 1.165) is 11.1 Å². The second-order valence-corrected chi connectivity index (χ2v) is 6.89. The molecule has 0 atom stereocenters. The summed E-state index contributed by atoms with van der Waals surface area (Å²) in [6.45, 7) is 3.40. The fourth-order valence-corrected chi connectivity index (χ4v) is 3.39. The predicted octanol–water partition coefficient (Wildman–Crippen LogP) is 2.66. The maximum absolute atomic E-state index is 12.4. The van der Waals surface area contributed by atoms with Crippen LogP contribution in [0.4, 0.5) is 0 Å². The summed E-state index contributed by atoms with van der Waals surface area (Å²) in [6, 6.07) is 10.8. The average Bonchev–Trinajstić information content (AvgIpc) is 3.26. The zero-order valence-corrected chi connectivity index (χ0v) is 15.4. The molecule has 0 radical (unpaired) electrons. The molecule has 1 aliphatic heterocycles. The molecule has 4 rings (SSSR count). The van der Waals surface area contributed by atoms with Gasteiger partial charge in [0.1, 0.15) is 0 Å². The lowest BCUT2D eigenvalue weighted by molar-refractivity contribution is -0.149. The van der Waals surface area contributed by atoms with E-state index < -0.39 is 5.79 Å². The Balaban J connectivity index is 1.45. The number of fused-ring (bicyclic) bond motifs is 1. The molecule has 27 heavy (non-hydrogen) atoms. The number of aromatic amines is 2. The molecule has 0 unspecified atom stereocenters. The van der Waals surface area contributed by atoms with Gasteiger partial charge in [0.05, 0.1) is 29.3 Å². The minimum Gasteiger partial charge on any atom is -0.348 e. The van der Waals surface area contributed by atoms with Crippen molar-refractivity contribution in [2.24, 2.45) is 0 Å². The number of hydrogen-bond acceptors (Lipinski definition) is 4. The van der Waals surface area contributed by atoms with Gasteiger partial charge >= 0.3 is 5.69 Å². The van der Waals surface area contributed by atoms with Crippen molar-refractivity contribution in [2.45, 2.75) is 19.3 Å². The number of ether oxygens (including phenoxy) is 2. The lowest BCUT2D eigenvalue weighted by Crippen LogP contribution is -2.24. The van der Waals surface area contributed by atoms with Gasteiger partial charge in [-0.05, 0) is 24.6 Å². The molecule has 1 aromatic heterocycles. The topological polar surface area (TPSA) is 96.2 Å². The Hall–Kier alpha value is -2.61. The van der Waals surface area contributed by atoms with E-state index in [4.69, 9.17) is 21.1 Å². The van der Waals surface area contributed by atoms with Crippen LogP contribution in [0, 0.1) is 0 Å². The summed E-state index contributed by atoms with van der Waals surface area (Å²) in [7, 11) is 0. The smallest absolute Gasteiger partial charge is 0.323 e. The Bertz CT molecular complexity index is 1050. The van der Waals surface area contributed by atoms with Crippen LogP contribution in [0.3, 0.4) is 0 Å². The molecule has 2 aromatic carbocycles. The molecule has 0 bridgehead atoms. The van der Waals surface area contributed by atoms with Gasteiger partial charge in [0.25, 0.3) is 5.91 Å². The Morgan fingerprint density at radius 1 is 1.19 bits per heavy atom. The van der Waals surface area contributed by atoms with Crippen LogP contribution in [0.1, 0.15) is 28.4 Å². The highest BCUT2D eigenvalue weighted by Gasteiger charge is 2.32. The first-order chi connectivity index (χ1) is 12.9. The summed E-state index contributed by atoms with van der Waals surface area (Å²) in [5.41, 5.74) is 2.86. The Labute approximate surface area is 159 Å². The highest BCUT2D eigenvalue weighted by Crippen LogP contribution is 2.30. The maximum atomic E-state index is 12.4. The maximum Gasteiger partial charge on any atom is 0.323 e. The minimum atomic E-state index is -0.707. The van der Waals surface area contributed by atoms with Crippen LogP contribution >= 0.6 is 11.6 Å². The molecule has 3 N–H and O–H groups in total. The van der Waals surface area contributed by atoms with Gasteiger partial charge in [0.2, 0.25) is 0 Å². The number of amides is 1. The number of halogens is 1. The van der Waals surface area contributed by atoms with Gasteiger partial charge in [-0.2, -0.15) is 0 Å². The second-order valence-electron chi connectivity index (χ2n) is 6.48. The molecular weight excluding hydrogens is 370 g/mol. The van der Waals surface area contributed by atoms with Crippen LogP contribution in [0.5, 0.6) is 0 Å². The molecule has 1 saturated heterocycles. The fraction of sp³-hybridized carbons (Fsp3) is 0.263. The number of aromatic nitrogens is 2. The fourth-order valence-electron chi connectivity index (χ4n) is 3.12. The summed E-state index contributed by atoms with van der Waals surface area (Å²) in [4.78, 5) is 29.0. The van der Waals surface area contributed by atoms with E-state index in [0.29, 0.717) is 41.4 Å². The normalized spacial score (nSPS) is 15.9. The summed E-state index contributed by atoms with van der Waals surface area (Å²) in [5, 5.41) is 3.16.